The second-order valence-electron chi connectivity index (χ2n) is 26.4. The molecule has 88 heavy (non-hydrogen) atoms. The molecule has 0 aliphatic rings. The second-order valence-corrected chi connectivity index (χ2v) is 29.3. The largest absolute Gasteiger partial charge is 0.472 e. The normalized spacial score (nSPS) is 14.9. The fourth-order valence-corrected chi connectivity index (χ4v) is 11.8. The summed E-state index contributed by atoms with van der Waals surface area (Å²) in [5.41, 5.74) is 0. The Hall–Kier alpha value is -1.94. The molecule has 17 nitrogen and oxygen atoms in total. The lowest BCUT2D eigenvalue weighted by Gasteiger charge is -2.21. The molecule has 0 aromatic carbocycles. The van der Waals surface area contributed by atoms with Crippen molar-refractivity contribution in [3.05, 3.63) is 0 Å². The van der Waals surface area contributed by atoms with Crippen LogP contribution in [0.4, 0.5) is 0 Å². The molecule has 0 aliphatic carbocycles. The number of ether oxygens (including phenoxy) is 4. The van der Waals surface area contributed by atoms with Crippen LogP contribution in [0.15, 0.2) is 0 Å². The molecule has 0 saturated carbocycles. The maximum absolute atomic E-state index is 13.0. The van der Waals surface area contributed by atoms with Crippen LogP contribution in [0.1, 0.15) is 338 Å². The summed E-state index contributed by atoms with van der Waals surface area (Å²) >= 11 is 0. The molecule has 0 rings (SSSR count). The van der Waals surface area contributed by atoms with Crippen LogP contribution in [0.25, 0.3) is 0 Å². The van der Waals surface area contributed by atoms with E-state index in [0.29, 0.717) is 31.6 Å². The molecule has 0 spiro atoms. The Kier molecular flexibility index (Phi) is 57.6. The van der Waals surface area contributed by atoms with Gasteiger partial charge in [0.25, 0.3) is 0 Å². The Morgan fingerprint density at radius 3 is 0.807 bits per heavy atom. The molecule has 0 aromatic heterocycles. The van der Waals surface area contributed by atoms with E-state index in [4.69, 9.17) is 37.0 Å². The number of carbonyl (C=O) groups excluding carboxylic acids is 4. The molecule has 0 amide bonds. The Labute approximate surface area is 537 Å². The zero-order chi connectivity index (χ0) is 65.4. The summed E-state index contributed by atoms with van der Waals surface area (Å²) in [6.45, 7) is 14.0. The lowest BCUT2D eigenvalue weighted by Crippen LogP contribution is -2.30. The number of rotatable bonds is 66. The summed E-state index contributed by atoms with van der Waals surface area (Å²) < 4.78 is 68.2. The van der Waals surface area contributed by atoms with Gasteiger partial charge in [0.15, 0.2) is 12.2 Å². The van der Waals surface area contributed by atoms with E-state index in [1.54, 1.807) is 0 Å². The summed E-state index contributed by atoms with van der Waals surface area (Å²) in [4.78, 5) is 72.4. The maximum atomic E-state index is 13.0. The molecular weight excluding hydrogens is 1160 g/mol. The SMILES string of the molecule is CCC(C)CCCCCCCCCCC(=O)O[C@H](COC(=O)CCCCCCCCC(C)C)COP(=O)(O)OC[C@@H](O)COP(=O)(O)OC[C@@H](COC(=O)CCCCCCCCC(C)CC)OC(=O)CCCCCCCCCCCCCCCCC(C)C. The summed E-state index contributed by atoms with van der Waals surface area (Å²) in [6.07, 6.45) is 40.5. The van der Waals surface area contributed by atoms with Crippen molar-refractivity contribution in [3.8, 4) is 0 Å². The number of carbonyl (C=O) groups is 4. The van der Waals surface area contributed by atoms with E-state index in [0.717, 1.165) is 120 Å². The molecule has 0 aliphatic heterocycles. The van der Waals surface area contributed by atoms with E-state index in [1.807, 2.05) is 0 Å². The van der Waals surface area contributed by atoms with Gasteiger partial charge < -0.3 is 33.8 Å². The zero-order valence-electron chi connectivity index (χ0n) is 57.3. The number of hydrogen-bond acceptors (Lipinski definition) is 15. The third kappa shape index (κ3) is 60.3. The first kappa shape index (κ1) is 86.1. The standard InChI is InChI=1S/C69H134O17P2/c1-9-61(7)47-39-31-22-19-20-24-36-44-52-69(74)86-64(55-79-66(71)49-41-33-27-25-30-38-46-60(5)6)57-83-87(75,76)81-53-63(70)54-82-88(77,78)84-58-65(56-80-67(72)50-42-34-28-26-32-40-48-62(8)10-2)85-68(73)51-43-35-23-18-16-14-12-11-13-15-17-21-29-37-45-59(3)4/h59-65,70H,9-58H2,1-8H3,(H,75,76)(H,77,78)/t61?,62?,63-,64-,65-/m1/s1. The topological polar surface area (TPSA) is 237 Å². The van der Waals surface area contributed by atoms with E-state index in [1.165, 1.54) is 128 Å². The van der Waals surface area contributed by atoms with Gasteiger partial charge in [0.1, 0.15) is 19.3 Å². The molecule has 0 aromatic rings. The first-order valence-corrected chi connectivity index (χ1v) is 38.8. The van der Waals surface area contributed by atoms with E-state index in [2.05, 4.69) is 55.4 Å². The Morgan fingerprint density at radius 2 is 0.545 bits per heavy atom. The maximum Gasteiger partial charge on any atom is 0.472 e. The third-order valence-electron chi connectivity index (χ3n) is 16.5. The molecule has 0 bridgehead atoms. The summed E-state index contributed by atoms with van der Waals surface area (Å²) in [7, 11) is -9.90. The van der Waals surface area contributed by atoms with Crippen molar-refractivity contribution < 1.29 is 80.2 Å². The second kappa shape index (κ2) is 58.8. The molecule has 4 unspecified atom stereocenters. The summed E-state index contributed by atoms with van der Waals surface area (Å²) in [5.74, 6) is 0.840. The van der Waals surface area contributed by atoms with Gasteiger partial charge in [-0.05, 0) is 49.4 Å². The fourth-order valence-electron chi connectivity index (χ4n) is 10.2. The van der Waals surface area contributed by atoms with Crippen LogP contribution in [0.2, 0.25) is 0 Å². The summed E-state index contributed by atoms with van der Waals surface area (Å²) in [6, 6.07) is 0. The van der Waals surface area contributed by atoms with Gasteiger partial charge in [-0.25, -0.2) is 9.13 Å². The van der Waals surface area contributed by atoms with Crippen molar-refractivity contribution in [2.75, 3.05) is 39.6 Å². The lowest BCUT2D eigenvalue weighted by molar-refractivity contribution is -0.161. The van der Waals surface area contributed by atoms with Gasteiger partial charge in [0.2, 0.25) is 0 Å². The van der Waals surface area contributed by atoms with E-state index in [9.17, 15) is 43.2 Å². The first-order chi connectivity index (χ1) is 42.2. The van der Waals surface area contributed by atoms with Crippen molar-refractivity contribution >= 4 is 39.5 Å². The monoisotopic (exact) mass is 1300 g/mol. The predicted octanol–water partition coefficient (Wildman–Crippen LogP) is 19.3. The van der Waals surface area contributed by atoms with Gasteiger partial charge in [-0.2, -0.15) is 0 Å². The van der Waals surface area contributed by atoms with Gasteiger partial charge in [-0.3, -0.25) is 37.3 Å². The number of hydrogen-bond donors (Lipinski definition) is 3. The Morgan fingerprint density at radius 1 is 0.318 bits per heavy atom. The highest BCUT2D eigenvalue weighted by molar-refractivity contribution is 7.47. The average Bonchev–Trinajstić information content (AvgIpc) is 3.66. The Bertz CT molecular complexity index is 1750. The molecule has 0 fully saturated rings. The molecule has 0 radical (unpaired) electrons. The average molecular weight is 1300 g/mol. The number of esters is 4. The minimum Gasteiger partial charge on any atom is -0.462 e. The van der Waals surface area contributed by atoms with Crippen LogP contribution in [-0.4, -0.2) is 96.7 Å². The predicted molar refractivity (Wildman–Crippen MR) is 354 cm³/mol. The molecule has 19 heteroatoms. The quantitative estimate of drug-likeness (QED) is 0.0222. The van der Waals surface area contributed by atoms with Crippen LogP contribution < -0.4 is 0 Å². The van der Waals surface area contributed by atoms with Crippen molar-refractivity contribution in [1.82, 2.24) is 0 Å². The van der Waals surface area contributed by atoms with Crippen molar-refractivity contribution in [1.29, 1.82) is 0 Å². The summed E-state index contributed by atoms with van der Waals surface area (Å²) in [5, 5.41) is 10.6. The van der Waals surface area contributed by atoms with E-state index in [-0.39, 0.29) is 25.7 Å². The molecule has 0 saturated heterocycles. The van der Waals surface area contributed by atoms with Crippen LogP contribution in [0.3, 0.4) is 0 Å². The number of unbranched alkanes of at least 4 members (excludes halogenated alkanes) is 30. The van der Waals surface area contributed by atoms with Crippen LogP contribution in [0, 0.1) is 23.7 Å². The third-order valence-corrected chi connectivity index (χ3v) is 18.4. The molecule has 0 heterocycles. The molecule has 7 atom stereocenters. The van der Waals surface area contributed by atoms with Crippen molar-refractivity contribution in [2.45, 2.75) is 356 Å². The van der Waals surface area contributed by atoms with Crippen molar-refractivity contribution in [2.24, 2.45) is 23.7 Å². The minimum absolute atomic E-state index is 0.103. The van der Waals surface area contributed by atoms with E-state index < -0.39 is 97.5 Å². The number of aliphatic hydroxyl groups excluding tert-OH is 1. The molecule has 3 N–H and O–H groups in total. The number of aliphatic hydroxyl groups is 1. The van der Waals surface area contributed by atoms with Crippen LogP contribution in [-0.2, 0) is 65.4 Å². The van der Waals surface area contributed by atoms with Crippen LogP contribution >= 0.6 is 15.6 Å². The fraction of sp³-hybridized carbons (Fsp3) is 0.942. The molecular formula is C69H134O17P2. The Balaban J connectivity index is 5.23. The highest BCUT2D eigenvalue weighted by Gasteiger charge is 2.30. The lowest BCUT2D eigenvalue weighted by atomic mass is 9.99. The zero-order valence-corrected chi connectivity index (χ0v) is 59.1. The van der Waals surface area contributed by atoms with Crippen molar-refractivity contribution in [3.63, 3.8) is 0 Å². The van der Waals surface area contributed by atoms with Gasteiger partial charge >= 0.3 is 39.5 Å². The number of phosphoric ester groups is 2. The van der Waals surface area contributed by atoms with Gasteiger partial charge in [-0.1, -0.05) is 287 Å². The van der Waals surface area contributed by atoms with Gasteiger partial charge in [0, 0.05) is 25.7 Å². The smallest absolute Gasteiger partial charge is 0.462 e. The highest BCUT2D eigenvalue weighted by Crippen LogP contribution is 2.45. The first-order valence-electron chi connectivity index (χ1n) is 35.8. The van der Waals surface area contributed by atoms with Crippen LogP contribution in [0.5, 0.6) is 0 Å². The minimum atomic E-state index is -4.95. The highest BCUT2D eigenvalue weighted by atomic mass is 31.2. The van der Waals surface area contributed by atoms with Gasteiger partial charge in [0.05, 0.1) is 26.4 Å². The number of phosphoric acid groups is 2. The van der Waals surface area contributed by atoms with E-state index >= 15 is 0 Å². The molecule has 522 valence electrons. The van der Waals surface area contributed by atoms with Gasteiger partial charge in [-0.15, -0.1) is 0 Å².